The molecule has 0 aliphatic heterocycles. The van der Waals surface area contributed by atoms with Crippen molar-refractivity contribution < 1.29 is 21.2 Å². The van der Waals surface area contributed by atoms with Crippen molar-refractivity contribution in [3.05, 3.63) is 59.4 Å². The fraction of sp³-hybridized carbons (Fsp3) is 0.368. The van der Waals surface area contributed by atoms with Crippen LogP contribution in [0.25, 0.3) is 0 Å². The molecule has 0 N–H and O–H groups in total. The summed E-state index contributed by atoms with van der Waals surface area (Å²) in [6.45, 7) is 0. The van der Waals surface area contributed by atoms with Crippen molar-refractivity contribution in [3.63, 3.8) is 0 Å². The average Bonchev–Trinajstić information content (AvgIpc) is 2.58. The number of hydrogen-bond acceptors (Lipinski definition) is 4. The number of rotatable bonds is 5. The molecule has 7 heteroatoms. The Labute approximate surface area is 153 Å². The second-order valence-corrected chi connectivity index (χ2v) is 11.0. The highest BCUT2D eigenvalue weighted by Gasteiger charge is 2.25. The van der Waals surface area contributed by atoms with E-state index in [0.717, 1.165) is 36.5 Å². The molecule has 2 aromatic carbocycles. The predicted octanol–water partition coefficient (Wildman–Crippen LogP) is 3.51. The Kier molecular flexibility index (Phi) is 5.21. The molecule has 4 nitrogen and oxygen atoms in total. The van der Waals surface area contributed by atoms with Crippen LogP contribution in [0, 0.1) is 5.82 Å². The molecule has 2 aromatic rings. The molecule has 140 valence electrons. The minimum atomic E-state index is -3.78. The third-order valence-electron chi connectivity index (χ3n) is 4.81. The smallest absolute Gasteiger partial charge is 0.206 e. The summed E-state index contributed by atoms with van der Waals surface area (Å²) in [6.07, 6.45) is 4.33. The van der Waals surface area contributed by atoms with Crippen LogP contribution in [0.2, 0.25) is 0 Å². The molecule has 0 unspecified atom stereocenters. The van der Waals surface area contributed by atoms with Crippen molar-refractivity contribution in [2.45, 2.75) is 41.4 Å². The molecule has 3 rings (SSSR count). The van der Waals surface area contributed by atoms with Gasteiger partial charge in [0.15, 0.2) is 0 Å². The van der Waals surface area contributed by atoms with E-state index in [1.54, 1.807) is 12.1 Å². The van der Waals surface area contributed by atoms with E-state index in [1.807, 2.05) is 0 Å². The fourth-order valence-corrected chi connectivity index (χ4v) is 5.54. The highest BCUT2D eigenvalue weighted by atomic mass is 32.2. The lowest BCUT2D eigenvalue weighted by Gasteiger charge is -2.26. The maximum atomic E-state index is 13.4. The average molecular weight is 397 g/mol. The maximum Gasteiger partial charge on any atom is 0.206 e. The summed E-state index contributed by atoms with van der Waals surface area (Å²) in [5.41, 5.74) is 1.96. The number of aryl methyl sites for hydroxylation is 1. The summed E-state index contributed by atoms with van der Waals surface area (Å²) < 4.78 is 61.8. The molecule has 1 aliphatic carbocycles. The minimum absolute atomic E-state index is 0.0677. The topological polar surface area (TPSA) is 68.3 Å². The van der Waals surface area contributed by atoms with E-state index in [-0.39, 0.29) is 21.5 Å². The number of halogens is 1. The SMILES string of the molecule is CS(=O)(=O)CC[C@@H]1CCCc2cc(S(=O)(=O)c3cccc(F)c3)ccc21. The number of benzene rings is 2. The van der Waals surface area contributed by atoms with Gasteiger partial charge in [0.05, 0.1) is 15.5 Å². The molecule has 1 atom stereocenters. The first-order chi connectivity index (χ1) is 12.2. The van der Waals surface area contributed by atoms with Gasteiger partial charge >= 0.3 is 0 Å². The first kappa shape index (κ1) is 19.0. The molecule has 0 bridgehead atoms. The Hall–Kier alpha value is -1.73. The second-order valence-electron chi connectivity index (χ2n) is 6.83. The summed E-state index contributed by atoms with van der Waals surface area (Å²) in [7, 11) is -6.81. The normalized spacial score (nSPS) is 17.7. The van der Waals surface area contributed by atoms with Crippen molar-refractivity contribution in [1.29, 1.82) is 0 Å². The Morgan fingerprint density at radius 1 is 1.04 bits per heavy atom. The standard InChI is InChI=1S/C19H21FO4S2/c1-25(21,22)11-10-14-4-2-5-15-12-18(8-9-19(14)15)26(23,24)17-7-3-6-16(20)13-17/h3,6-9,12-14H,2,4-5,10-11H2,1H3/t14-/m0/s1. The first-order valence-corrected chi connectivity index (χ1v) is 12.0. The third kappa shape index (κ3) is 4.15. The zero-order chi connectivity index (χ0) is 18.9. The number of sulfone groups is 2. The quantitative estimate of drug-likeness (QED) is 0.776. The zero-order valence-electron chi connectivity index (χ0n) is 14.5. The molecule has 0 amide bonds. The van der Waals surface area contributed by atoms with Crippen molar-refractivity contribution in [2.75, 3.05) is 12.0 Å². The molecule has 0 saturated carbocycles. The van der Waals surface area contributed by atoms with Crippen LogP contribution in [0.3, 0.4) is 0 Å². The molecule has 0 saturated heterocycles. The van der Waals surface area contributed by atoms with Gasteiger partial charge in [0, 0.05) is 6.26 Å². The Balaban J connectivity index is 1.93. The van der Waals surface area contributed by atoms with Gasteiger partial charge in [-0.05, 0) is 73.1 Å². The third-order valence-corrected chi connectivity index (χ3v) is 7.53. The molecule has 0 aromatic heterocycles. The molecule has 0 fully saturated rings. The summed E-state index contributed by atoms with van der Waals surface area (Å²) >= 11 is 0. The summed E-state index contributed by atoms with van der Waals surface area (Å²) in [5, 5.41) is 0. The van der Waals surface area contributed by atoms with E-state index in [9.17, 15) is 21.2 Å². The van der Waals surface area contributed by atoms with Gasteiger partial charge in [-0.1, -0.05) is 12.1 Å². The first-order valence-electron chi connectivity index (χ1n) is 8.48. The van der Waals surface area contributed by atoms with Gasteiger partial charge in [-0.2, -0.15) is 0 Å². The Bertz CT molecular complexity index is 1030. The van der Waals surface area contributed by atoms with Crippen LogP contribution in [-0.4, -0.2) is 28.8 Å². The van der Waals surface area contributed by atoms with Crippen molar-refractivity contribution in [3.8, 4) is 0 Å². The van der Waals surface area contributed by atoms with Crippen LogP contribution in [0.1, 0.15) is 36.3 Å². The van der Waals surface area contributed by atoms with Crippen LogP contribution in [0.15, 0.2) is 52.3 Å². The Morgan fingerprint density at radius 3 is 2.46 bits per heavy atom. The molecule has 1 aliphatic rings. The van der Waals surface area contributed by atoms with E-state index >= 15 is 0 Å². The minimum Gasteiger partial charge on any atom is -0.229 e. The summed E-state index contributed by atoms with van der Waals surface area (Å²) in [4.78, 5) is 0.0764. The molecular formula is C19H21FO4S2. The van der Waals surface area contributed by atoms with Crippen LogP contribution < -0.4 is 0 Å². The van der Waals surface area contributed by atoms with Crippen LogP contribution in [0.4, 0.5) is 4.39 Å². The molecular weight excluding hydrogens is 375 g/mol. The van der Waals surface area contributed by atoms with Crippen molar-refractivity contribution >= 4 is 19.7 Å². The largest absolute Gasteiger partial charge is 0.229 e. The van der Waals surface area contributed by atoms with Gasteiger partial charge in [-0.15, -0.1) is 0 Å². The second kappa shape index (κ2) is 7.12. The predicted molar refractivity (Wildman–Crippen MR) is 98.3 cm³/mol. The van der Waals surface area contributed by atoms with E-state index in [4.69, 9.17) is 0 Å². The molecule has 26 heavy (non-hydrogen) atoms. The highest BCUT2D eigenvalue weighted by molar-refractivity contribution is 7.91. The summed E-state index contributed by atoms with van der Waals surface area (Å²) in [5.74, 6) is -0.343. The van der Waals surface area contributed by atoms with Gasteiger partial charge < -0.3 is 0 Å². The Morgan fingerprint density at radius 2 is 1.77 bits per heavy atom. The molecule has 0 radical (unpaired) electrons. The molecule has 0 spiro atoms. The number of hydrogen-bond donors (Lipinski definition) is 0. The van der Waals surface area contributed by atoms with E-state index < -0.39 is 25.5 Å². The van der Waals surface area contributed by atoms with Crippen LogP contribution in [-0.2, 0) is 26.1 Å². The lowest BCUT2D eigenvalue weighted by atomic mass is 9.81. The fourth-order valence-electron chi connectivity index (χ4n) is 3.48. The van der Waals surface area contributed by atoms with E-state index in [2.05, 4.69) is 0 Å². The maximum absolute atomic E-state index is 13.4. The van der Waals surface area contributed by atoms with Gasteiger partial charge in [0.2, 0.25) is 9.84 Å². The zero-order valence-corrected chi connectivity index (χ0v) is 16.1. The van der Waals surface area contributed by atoms with Crippen LogP contribution in [0.5, 0.6) is 0 Å². The van der Waals surface area contributed by atoms with Crippen molar-refractivity contribution in [2.24, 2.45) is 0 Å². The van der Waals surface area contributed by atoms with Crippen molar-refractivity contribution in [1.82, 2.24) is 0 Å². The number of fused-ring (bicyclic) bond motifs is 1. The van der Waals surface area contributed by atoms with E-state index in [1.165, 1.54) is 30.5 Å². The highest BCUT2D eigenvalue weighted by Crippen LogP contribution is 2.36. The van der Waals surface area contributed by atoms with E-state index in [0.29, 0.717) is 6.42 Å². The summed E-state index contributed by atoms with van der Waals surface area (Å²) in [6, 6.07) is 9.96. The van der Waals surface area contributed by atoms with Gasteiger partial charge in [-0.25, -0.2) is 21.2 Å². The van der Waals surface area contributed by atoms with Gasteiger partial charge in [-0.3, -0.25) is 0 Å². The van der Waals surface area contributed by atoms with Gasteiger partial charge in [0.1, 0.15) is 15.7 Å². The lowest BCUT2D eigenvalue weighted by molar-refractivity contribution is 0.531. The lowest BCUT2D eigenvalue weighted by Crippen LogP contribution is -2.15. The van der Waals surface area contributed by atoms with Gasteiger partial charge in [0.25, 0.3) is 0 Å². The monoisotopic (exact) mass is 396 g/mol. The van der Waals surface area contributed by atoms with Crippen LogP contribution >= 0.6 is 0 Å². The molecule has 0 heterocycles.